The Labute approximate surface area is 162 Å². The molecule has 0 saturated carbocycles. The monoisotopic (exact) mass is 372 g/mol. The highest BCUT2D eigenvalue weighted by molar-refractivity contribution is 5.34. The highest BCUT2D eigenvalue weighted by Crippen LogP contribution is 2.21. The van der Waals surface area contributed by atoms with Gasteiger partial charge in [-0.1, -0.05) is 19.3 Å². The Morgan fingerprint density at radius 2 is 1.85 bits per heavy atom. The molecule has 148 valence electrons. The summed E-state index contributed by atoms with van der Waals surface area (Å²) >= 11 is 0. The molecule has 1 N–H and O–H groups in total. The molecule has 27 heavy (non-hydrogen) atoms. The third-order valence-corrected chi connectivity index (χ3v) is 5.20. The summed E-state index contributed by atoms with van der Waals surface area (Å²) in [4.78, 5) is 11.8. The van der Waals surface area contributed by atoms with Gasteiger partial charge in [-0.3, -0.25) is 0 Å². The zero-order valence-corrected chi connectivity index (χ0v) is 16.8. The fraction of sp³-hybridized carbons (Fsp3) is 0.619. The first-order valence-corrected chi connectivity index (χ1v) is 10.1. The summed E-state index contributed by atoms with van der Waals surface area (Å²) in [7, 11) is 1.67. The molecular formula is C21H32N4O2. The Kier molecular flexibility index (Phi) is 7.24. The van der Waals surface area contributed by atoms with E-state index in [0.29, 0.717) is 13.2 Å². The molecule has 0 unspecified atom stereocenters. The molecule has 1 aliphatic rings. The van der Waals surface area contributed by atoms with E-state index < -0.39 is 0 Å². The van der Waals surface area contributed by atoms with Crippen LogP contribution in [0.4, 0.5) is 5.95 Å². The molecule has 1 fully saturated rings. The largest absolute Gasteiger partial charge is 0.462 e. The van der Waals surface area contributed by atoms with Gasteiger partial charge in [0.15, 0.2) is 0 Å². The van der Waals surface area contributed by atoms with Gasteiger partial charge < -0.3 is 19.4 Å². The van der Waals surface area contributed by atoms with Gasteiger partial charge in [0.1, 0.15) is 18.1 Å². The van der Waals surface area contributed by atoms with Gasteiger partial charge in [-0.05, 0) is 38.8 Å². The van der Waals surface area contributed by atoms with Crippen molar-refractivity contribution in [2.45, 2.75) is 65.1 Å². The third kappa shape index (κ3) is 5.53. The molecule has 2 aromatic rings. The molecule has 1 saturated heterocycles. The van der Waals surface area contributed by atoms with Crippen molar-refractivity contribution in [2.75, 3.05) is 25.1 Å². The van der Waals surface area contributed by atoms with E-state index in [0.717, 1.165) is 41.8 Å². The van der Waals surface area contributed by atoms with E-state index in [4.69, 9.17) is 14.1 Å². The van der Waals surface area contributed by atoms with Crippen molar-refractivity contribution >= 4 is 5.95 Å². The van der Waals surface area contributed by atoms with Crippen LogP contribution in [0.2, 0.25) is 0 Å². The van der Waals surface area contributed by atoms with E-state index in [1.54, 1.807) is 7.11 Å². The minimum Gasteiger partial charge on any atom is -0.462 e. The topological polar surface area (TPSA) is 63.4 Å². The average molecular weight is 373 g/mol. The zero-order chi connectivity index (χ0) is 19.1. The molecule has 0 spiro atoms. The van der Waals surface area contributed by atoms with Gasteiger partial charge in [0, 0.05) is 43.7 Å². The third-order valence-electron chi connectivity index (χ3n) is 5.20. The first-order chi connectivity index (χ1) is 13.2. The summed E-state index contributed by atoms with van der Waals surface area (Å²) in [5.41, 5.74) is 2.18. The molecule has 0 aliphatic carbocycles. The summed E-state index contributed by atoms with van der Waals surface area (Å²) in [5, 5.41) is 3.50. The highest BCUT2D eigenvalue weighted by atomic mass is 16.5. The summed E-state index contributed by atoms with van der Waals surface area (Å²) < 4.78 is 10.8. The SMILES string of the molecule is COCc1ccc(CN[C@H](C)c2cnc(N3CCCCCCC3)nc2C)o1. The molecule has 0 aromatic carbocycles. The number of anilines is 1. The van der Waals surface area contributed by atoms with E-state index in [1.165, 1.54) is 32.1 Å². The molecule has 6 heteroatoms. The summed E-state index contributed by atoms with van der Waals surface area (Å²) in [6.45, 7) is 7.51. The van der Waals surface area contributed by atoms with E-state index in [2.05, 4.69) is 29.0 Å². The van der Waals surface area contributed by atoms with E-state index in [-0.39, 0.29) is 6.04 Å². The first kappa shape index (κ1) is 19.8. The highest BCUT2D eigenvalue weighted by Gasteiger charge is 2.16. The fourth-order valence-corrected chi connectivity index (χ4v) is 3.59. The Balaban J connectivity index is 1.60. The first-order valence-electron chi connectivity index (χ1n) is 10.1. The van der Waals surface area contributed by atoms with Crippen molar-refractivity contribution in [3.05, 3.63) is 41.1 Å². The molecule has 3 rings (SSSR count). The second-order valence-corrected chi connectivity index (χ2v) is 7.37. The number of nitrogens with one attached hydrogen (secondary N) is 1. The summed E-state index contributed by atoms with van der Waals surface area (Å²) in [6.07, 6.45) is 8.43. The van der Waals surface area contributed by atoms with Crippen molar-refractivity contribution in [1.82, 2.24) is 15.3 Å². The second-order valence-electron chi connectivity index (χ2n) is 7.37. The number of furan rings is 1. The van der Waals surface area contributed by atoms with E-state index in [9.17, 15) is 0 Å². The number of rotatable bonds is 7. The molecule has 0 amide bonds. The van der Waals surface area contributed by atoms with Crippen molar-refractivity contribution in [1.29, 1.82) is 0 Å². The van der Waals surface area contributed by atoms with Crippen LogP contribution in [0.15, 0.2) is 22.7 Å². The molecule has 6 nitrogen and oxygen atoms in total. The summed E-state index contributed by atoms with van der Waals surface area (Å²) in [6, 6.07) is 4.10. The minimum atomic E-state index is 0.155. The van der Waals surface area contributed by atoms with E-state index in [1.807, 2.05) is 18.3 Å². The smallest absolute Gasteiger partial charge is 0.225 e. The van der Waals surface area contributed by atoms with Gasteiger partial charge in [0.2, 0.25) is 5.95 Å². The lowest BCUT2D eigenvalue weighted by Crippen LogP contribution is -2.29. The van der Waals surface area contributed by atoms with Crippen LogP contribution in [0.3, 0.4) is 0 Å². The van der Waals surface area contributed by atoms with Gasteiger partial charge >= 0.3 is 0 Å². The van der Waals surface area contributed by atoms with Crippen LogP contribution in [0.1, 0.15) is 67.8 Å². The maximum atomic E-state index is 5.74. The number of ether oxygens (including phenoxy) is 1. The molecule has 0 bridgehead atoms. The van der Waals surface area contributed by atoms with Crippen LogP contribution in [0.5, 0.6) is 0 Å². The van der Waals surface area contributed by atoms with Crippen molar-refractivity contribution in [3.63, 3.8) is 0 Å². The Morgan fingerprint density at radius 1 is 1.15 bits per heavy atom. The lowest BCUT2D eigenvalue weighted by Gasteiger charge is -2.25. The lowest BCUT2D eigenvalue weighted by atomic mass is 10.1. The van der Waals surface area contributed by atoms with Gasteiger partial charge in [-0.15, -0.1) is 0 Å². The number of methoxy groups -OCH3 is 1. The lowest BCUT2D eigenvalue weighted by molar-refractivity contribution is 0.162. The van der Waals surface area contributed by atoms with Gasteiger partial charge in [-0.2, -0.15) is 0 Å². The van der Waals surface area contributed by atoms with Crippen molar-refractivity contribution < 1.29 is 9.15 Å². The van der Waals surface area contributed by atoms with Crippen LogP contribution < -0.4 is 10.2 Å². The Hall–Kier alpha value is -1.92. The minimum absolute atomic E-state index is 0.155. The molecule has 1 atom stereocenters. The Morgan fingerprint density at radius 3 is 2.56 bits per heavy atom. The van der Waals surface area contributed by atoms with Crippen molar-refractivity contribution in [2.24, 2.45) is 0 Å². The van der Waals surface area contributed by atoms with Crippen LogP contribution in [0.25, 0.3) is 0 Å². The van der Waals surface area contributed by atoms with E-state index >= 15 is 0 Å². The van der Waals surface area contributed by atoms with Crippen molar-refractivity contribution in [3.8, 4) is 0 Å². The van der Waals surface area contributed by atoms with Gasteiger partial charge in [0.05, 0.1) is 6.54 Å². The normalized spacial score (nSPS) is 16.8. The van der Waals surface area contributed by atoms with Crippen LogP contribution in [-0.4, -0.2) is 30.2 Å². The molecule has 0 radical (unpaired) electrons. The van der Waals surface area contributed by atoms with Crippen LogP contribution >= 0.6 is 0 Å². The average Bonchev–Trinajstić information content (AvgIpc) is 3.07. The fourth-order valence-electron chi connectivity index (χ4n) is 3.59. The van der Waals surface area contributed by atoms with Gasteiger partial charge in [-0.25, -0.2) is 9.97 Å². The zero-order valence-electron chi connectivity index (χ0n) is 16.8. The quantitative estimate of drug-likeness (QED) is 0.788. The second kappa shape index (κ2) is 9.85. The molecule has 1 aliphatic heterocycles. The molecule has 2 aromatic heterocycles. The predicted octanol–water partition coefficient (Wildman–Crippen LogP) is 4.15. The summed E-state index contributed by atoms with van der Waals surface area (Å²) in [5.74, 6) is 2.63. The standard InChI is InChI=1S/C21H32N4O2/c1-16(22-13-18-9-10-19(27-18)15-26-3)20-14-23-21(24-17(20)2)25-11-7-5-4-6-8-12-25/h9-10,14,16,22H,4-8,11-13,15H2,1-3H3/t16-/m1/s1. The number of aromatic nitrogens is 2. The maximum absolute atomic E-state index is 5.74. The predicted molar refractivity (Wildman–Crippen MR) is 107 cm³/mol. The number of nitrogens with zero attached hydrogens (tertiary/aromatic N) is 3. The number of hydrogen-bond donors (Lipinski definition) is 1. The number of aryl methyl sites for hydroxylation is 1. The van der Waals surface area contributed by atoms with Crippen LogP contribution in [0, 0.1) is 6.92 Å². The molecular weight excluding hydrogens is 340 g/mol. The molecule has 3 heterocycles. The Bertz CT molecular complexity index is 708. The van der Waals surface area contributed by atoms with Gasteiger partial charge in [0.25, 0.3) is 0 Å². The van der Waals surface area contributed by atoms with Crippen LogP contribution in [-0.2, 0) is 17.9 Å². The number of hydrogen-bond acceptors (Lipinski definition) is 6. The maximum Gasteiger partial charge on any atom is 0.225 e.